The molecule has 2 rings (SSSR count). The van der Waals surface area contributed by atoms with E-state index in [1.54, 1.807) is 0 Å². The van der Waals surface area contributed by atoms with Gasteiger partial charge in [0.15, 0.2) is 0 Å². The summed E-state index contributed by atoms with van der Waals surface area (Å²) >= 11 is 0. The highest BCUT2D eigenvalue weighted by molar-refractivity contribution is 7.89. The van der Waals surface area contributed by atoms with Crippen molar-refractivity contribution in [3.63, 3.8) is 0 Å². The number of pyridine rings is 1. The number of nitrogens with one attached hydrogen (secondary N) is 1. The maximum absolute atomic E-state index is 12.9. The lowest BCUT2D eigenvalue weighted by molar-refractivity contribution is 0.00578. The van der Waals surface area contributed by atoms with Crippen molar-refractivity contribution in [2.24, 2.45) is 0 Å². The zero-order chi connectivity index (χ0) is 20.0. The minimum Gasteiger partial charge on any atom is -0.480 e. The van der Waals surface area contributed by atoms with Crippen molar-refractivity contribution < 1.29 is 22.5 Å². The first-order valence-electron chi connectivity index (χ1n) is 8.68. The normalized spacial score (nSPS) is 19.6. The van der Waals surface area contributed by atoms with Gasteiger partial charge in [0.1, 0.15) is 4.90 Å². The maximum Gasteiger partial charge on any atom is 0.496 e. The number of aromatic nitrogens is 1. The lowest BCUT2D eigenvalue weighted by atomic mass is 9.80. The molecule has 1 aliphatic heterocycles. The van der Waals surface area contributed by atoms with Gasteiger partial charge >= 0.3 is 7.12 Å². The zero-order valence-electron chi connectivity index (χ0n) is 16.8. The van der Waals surface area contributed by atoms with Crippen LogP contribution in [0.2, 0.25) is 0 Å². The lowest BCUT2D eigenvalue weighted by Gasteiger charge is -2.32. The topological polar surface area (TPSA) is 86.8 Å². The number of nitrogens with zero attached hydrogens (tertiary/aromatic N) is 1. The van der Waals surface area contributed by atoms with Crippen molar-refractivity contribution in [2.45, 2.75) is 76.5 Å². The van der Waals surface area contributed by atoms with Crippen molar-refractivity contribution in [1.82, 2.24) is 9.71 Å². The predicted molar refractivity (Wildman–Crippen MR) is 101 cm³/mol. The molecular weight excluding hydrogens is 355 g/mol. The summed E-state index contributed by atoms with van der Waals surface area (Å²) in [4.78, 5) is 4.12. The summed E-state index contributed by atoms with van der Waals surface area (Å²) in [5.41, 5.74) is -1.12. The van der Waals surface area contributed by atoms with Gasteiger partial charge < -0.3 is 14.0 Å². The fraction of sp³-hybridized carbons (Fsp3) is 0.706. The SMILES string of the molecule is CCC(C)(C)NS(=O)(=O)c1cc(B2OC(C)(C)C(C)(C)O2)cnc1OC. The Morgan fingerprint density at radius 3 is 2.23 bits per heavy atom. The summed E-state index contributed by atoms with van der Waals surface area (Å²) in [7, 11) is -3.14. The monoisotopic (exact) mass is 384 g/mol. The highest BCUT2D eigenvalue weighted by atomic mass is 32.2. The molecule has 0 radical (unpaired) electrons. The summed E-state index contributed by atoms with van der Waals surface area (Å²) in [6.45, 7) is 13.3. The van der Waals surface area contributed by atoms with Crippen LogP contribution in [0.15, 0.2) is 17.2 Å². The van der Waals surface area contributed by atoms with Gasteiger partial charge in [-0.15, -0.1) is 0 Å². The van der Waals surface area contributed by atoms with Gasteiger partial charge in [-0.3, -0.25) is 0 Å². The number of methoxy groups -OCH3 is 1. The van der Waals surface area contributed by atoms with Crippen LogP contribution in [0.5, 0.6) is 5.88 Å². The number of rotatable bonds is 6. The molecule has 0 bridgehead atoms. The van der Waals surface area contributed by atoms with Crippen LogP contribution >= 0.6 is 0 Å². The second-order valence-electron chi connectivity index (χ2n) is 8.21. The van der Waals surface area contributed by atoms with Crippen molar-refractivity contribution in [3.05, 3.63) is 12.3 Å². The Balaban J connectivity index is 2.45. The summed E-state index contributed by atoms with van der Waals surface area (Å²) in [5, 5.41) is 0. The average Bonchev–Trinajstić information content (AvgIpc) is 2.74. The number of hydrogen-bond donors (Lipinski definition) is 1. The molecule has 1 fully saturated rings. The van der Waals surface area contributed by atoms with Gasteiger partial charge in [0, 0.05) is 17.2 Å². The molecule has 0 atom stereocenters. The molecule has 0 saturated carbocycles. The number of sulfonamides is 1. The molecule has 9 heteroatoms. The molecule has 2 heterocycles. The summed E-state index contributed by atoms with van der Waals surface area (Å²) in [6, 6.07) is 1.50. The fourth-order valence-corrected chi connectivity index (χ4v) is 4.03. The van der Waals surface area contributed by atoms with Crippen LogP contribution in [-0.2, 0) is 19.3 Å². The molecule has 0 amide bonds. The van der Waals surface area contributed by atoms with E-state index in [2.05, 4.69) is 9.71 Å². The first-order valence-corrected chi connectivity index (χ1v) is 10.2. The zero-order valence-corrected chi connectivity index (χ0v) is 17.7. The molecule has 0 aromatic carbocycles. The third-order valence-corrected chi connectivity index (χ3v) is 6.84. The van der Waals surface area contributed by atoms with Crippen molar-refractivity contribution in [3.8, 4) is 5.88 Å². The van der Waals surface area contributed by atoms with Gasteiger partial charge in [-0.1, -0.05) is 6.92 Å². The second-order valence-corrected chi connectivity index (χ2v) is 9.86. The van der Waals surface area contributed by atoms with E-state index in [0.717, 1.165) is 0 Å². The summed E-state index contributed by atoms with van der Waals surface area (Å²) < 4.78 is 45.6. The largest absolute Gasteiger partial charge is 0.496 e. The predicted octanol–water partition coefficient (Wildman–Crippen LogP) is 1.86. The van der Waals surface area contributed by atoms with E-state index in [9.17, 15) is 8.42 Å². The van der Waals surface area contributed by atoms with Crippen LogP contribution in [0, 0.1) is 0 Å². The molecular formula is C17H29BN2O5S. The average molecular weight is 384 g/mol. The third kappa shape index (κ3) is 4.06. The van der Waals surface area contributed by atoms with E-state index in [-0.39, 0.29) is 10.8 Å². The van der Waals surface area contributed by atoms with Gasteiger partial charge in [0.05, 0.1) is 18.3 Å². The van der Waals surface area contributed by atoms with Crippen LogP contribution in [0.1, 0.15) is 54.9 Å². The molecule has 1 saturated heterocycles. The smallest absolute Gasteiger partial charge is 0.480 e. The highest BCUT2D eigenvalue weighted by Gasteiger charge is 2.52. The number of hydrogen-bond acceptors (Lipinski definition) is 6. The van der Waals surface area contributed by atoms with E-state index >= 15 is 0 Å². The Kier molecular flexibility index (Phi) is 5.51. The molecule has 1 aliphatic rings. The first-order chi connectivity index (χ1) is 11.7. The van der Waals surface area contributed by atoms with E-state index in [4.69, 9.17) is 14.0 Å². The van der Waals surface area contributed by atoms with Gasteiger partial charge in [0.2, 0.25) is 15.9 Å². The maximum atomic E-state index is 12.9. The molecule has 0 unspecified atom stereocenters. The van der Waals surface area contributed by atoms with Crippen LogP contribution in [0.4, 0.5) is 0 Å². The quantitative estimate of drug-likeness (QED) is 0.754. The fourth-order valence-electron chi connectivity index (χ4n) is 2.39. The first kappa shape index (κ1) is 21.1. The molecule has 1 N–H and O–H groups in total. The van der Waals surface area contributed by atoms with E-state index in [1.165, 1.54) is 19.4 Å². The Hall–Kier alpha value is -1.16. The molecule has 146 valence electrons. The molecule has 0 aliphatic carbocycles. The van der Waals surface area contributed by atoms with Crippen LogP contribution < -0.4 is 14.9 Å². The molecule has 0 spiro atoms. The van der Waals surface area contributed by atoms with Crippen LogP contribution in [-0.4, -0.2) is 44.4 Å². The van der Waals surface area contributed by atoms with E-state index < -0.39 is 33.9 Å². The minimum absolute atomic E-state index is 0.0321. The molecule has 1 aromatic heterocycles. The molecule has 7 nitrogen and oxygen atoms in total. The molecule has 1 aromatic rings. The van der Waals surface area contributed by atoms with E-state index in [1.807, 2.05) is 48.5 Å². The van der Waals surface area contributed by atoms with Gasteiger partial charge in [0.25, 0.3) is 0 Å². The lowest BCUT2D eigenvalue weighted by Crippen LogP contribution is -2.43. The number of ether oxygens (including phenoxy) is 1. The Labute approximate surface area is 157 Å². The van der Waals surface area contributed by atoms with Crippen molar-refractivity contribution in [2.75, 3.05) is 7.11 Å². The Morgan fingerprint density at radius 2 is 1.77 bits per heavy atom. The standard InChI is InChI=1S/C17H29BN2O5S/c1-9-15(2,3)20-26(21,22)13-10-12(11-19-14(13)23-8)18-24-16(4,5)17(6,7)25-18/h10-11,20H,9H2,1-8H3. The molecule has 26 heavy (non-hydrogen) atoms. The van der Waals surface area contributed by atoms with Gasteiger partial charge in [-0.25, -0.2) is 18.1 Å². The summed E-state index contributed by atoms with van der Waals surface area (Å²) in [5.74, 6) is 0.0321. The van der Waals surface area contributed by atoms with Crippen LogP contribution in [0.3, 0.4) is 0 Å². The van der Waals surface area contributed by atoms with Crippen molar-refractivity contribution >= 4 is 22.6 Å². The van der Waals surface area contributed by atoms with E-state index in [0.29, 0.717) is 11.9 Å². The van der Waals surface area contributed by atoms with Crippen molar-refractivity contribution in [1.29, 1.82) is 0 Å². The summed E-state index contributed by atoms with van der Waals surface area (Å²) in [6.07, 6.45) is 2.16. The Bertz CT molecular complexity index is 761. The minimum atomic E-state index is -3.83. The Morgan fingerprint density at radius 1 is 1.23 bits per heavy atom. The van der Waals surface area contributed by atoms with Gasteiger partial charge in [-0.2, -0.15) is 0 Å². The van der Waals surface area contributed by atoms with Crippen LogP contribution in [0.25, 0.3) is 0 Å². The highest BCUT2D eigenvalue weighted by Crippen LogP contribution is 2.36. The second kappa shape index (κ2) is 6.78. The van der Waals surface area contributed by atoms with Gasteiger partial charge in [-0.05, 0) is 54.0 Å². The third-order valence-electron chi connectivity index (χ3n) is 5.14.